The summed E-state index contributed by atoms with van der Waals surface area (Å²) in [6.45, 7) is 10.1. The van der Waals surface area contributed by atoms with Crippen molar-refractivity contribution in [3.8, 4) is 0 Å². The number of nitrogens with one attached hydrogen (secondary N) is 2. The number of H-pyrrole nitrogens is 1. The van der Waals surface area contributed by atoms with E-state index >= 15 is 0 Å². The lowest BCUT2D eigenvalue weighted by Crippen LogP contribution is -2.31. The highest BCUT2D eigenvalue weighted by molar-refractivity contribution is 7.89. The molecule has 0 saturated heterocycles. The zero-order valence-electron chi connectivity index (χ0n) is 16.5. The fourth-order valence-corrected chi connectivity index (χ4v) is 4.47. The largest absolute Gasteiger partial charge is 0.349 e. The number of sulfonamides is 1. The van der Waals surface area contributed by atoms with E-state index in [2.05, 4.69) is 15.5 Å². The predicted molar refractivity (Wildman–Crippen MR) is 105 cm³/mol. The second-order valence-electron chi connectivity index (χ2n) is 6.54. The van der Waals surface area contributed by atoms with E-state index in [1.165, 1.54) is 4.31 Å². The number of aromatic amines is 1. The summed E-state index contributed by atoms with van der Waals surface area (Å²) >= 11 is 0. The Morgan fingerprint density at radius 1 is 1.19 bits per heavy atom. The van der Waals surface area contributed by atoms with Crippen molar-refractivity contribution in [3.63, 3.8) is 0 Å². The van der Waals surface area contributed by atoms with Crippen LogP contribution in [-0.4, -0.2) is 41.9 Å². The minimum atomic E-state index is -3.47. The van der Waals surface area contributed by atoms with Crippen LogP contribution in [0.4, 0.5) is 0 Å². The van der Waals surface area contributed by atoms with E-state index in [0.29, 0.717) is 13.1 Å². The summed E-state index contributed by atoms with van der Waals surface area (Å²) in [5.41, 5.74) is 3.46. The first-order chi connectivity index (χ1) is 12.7. The Kier molecular flexibility index (Phi) is 6.78. The van der Waals surface area contributed by atoms with Gasteiger partial charge in [0.25, 0.3) is 0 Å². The van der Waals surface area contributed by atoms with Crippen LogP contribution in [0.1, 0.15) is 49.3 Å². The van der Waals surface area contributed by atoms with Crippen LogP contribution in [0.5, 0.6) is 0 Å². The number of hydrogen-bond donors (Lipinski definition) is 2. The van der Waals surface area contributed by atoms with Crippen molar-refractivity contribution in [1.29, 1.82) is 0 Å². The van der Waals surface area contributed by atoms with Crippen molar-refractivity contribution >= 4 is 15.9 Å². The number of rotatable bonds is 8. The third kappa shape index (κ3) is 4.75. The Hall–Kier alpha value is -2.19. The molecule has 1 amide bonds. The molecule has 1 aromatic heterocycles. The molecular weight excluding hydrogens is 364 g/mol. The van der Waals surface area contributed by atoms with Gasteiger partial charge in [0.1, 0.15) is 0 Å². The van der Waals surface area contributed by atoms with Crippen LogP contribution in [0.15, 0.2) is 29.2 Å². The lowest BCUT2D eigenvalue weighted by molar-refractivity contribution is -0.121. The number of carbonyl (C=O) groups excluding carboxylic acids is 1. The van der Waals surface area contributed by atoms with Crippen molar-refractivity contribution in [3.05, 3.63) is 46.8 Å². The summed E-state index contributed by atoms with van der Waals surface area (Å²) in [6.07, 6.45) is 0.257. The van der Waals surface area contributed by atoms with Crippen LogP contribution in [0, 0.1) is 13.8 Å². The smallest absolute Gasteiger partial charge is 0.243 e. The van der Waals surface area contributed by atoms with E-state index < -0.39 is 10.0 Å². The predicted octanol–water partition coefficient (Wildman–Crippen LogP) is 2.48. The van der Waals surface area contributed by atoms with E-state index in [1.54, 1.807) is 24.3 Å². The van der Waals surface area contributed by atoms with Gasteiger partial charge in [-0.15, -0.1) is 0 Å². The summed E-state index contributed by atoms with van der Waals surface area (Å²) in [4.78, 5) is 12.6. The Morgan fingerprint density at radius 3 is 2.26 bits per heavy atom. The average Bonchev–Trinajstić information content (AvgIpc) is 2.94. The van der Waals surface area contributed by atoms with Crippen molar-refractivity contribution in [2.24, 2.45) is 0 Å². The first kappa shape index (κ1) is 21.1. The summed E-state index contributed by atoms with van der Waals surface area (Å²) < 4.78 is 26.5. The standard InChI is InChI=1S/C19H28N4O3S/c1-6-23(7-2)27(25,26)17-10-8-16(9-11-17)13(3)20-19(24)12-18-14(4)21-22-15(18)5/h8-11,13H,6-7,12H2,1-5H3,(H,20,24)(H,21,22). The van der Waals surface area contributed by atoms with Gasteiger partial charge in [-0.1, -0.05) is 26.0 Å². The van der Waals surface area contributed by atoms with Crippen LogP contribution < -0.4 is 5.32 Å². The number of amides is 1. The fraction of sp³-hybridized carbons (Fsp3) is 0.474. The number of benzene rings is 1. The monoisotopic (exact) mass is 392 g/mol. The van der Waals surface area contributed by atoms with Crippen LogP contribution in [0.2, 0.25) is 0 Å². The second-order valence-corrected chi connectivity index (χ2v) is 8.47. The highest BCUT2D eigenvalue weighted by atomic mass is 32.2. The molecule has 0 fully saturated rings. The van der Waals surface area contributed by atoms with Gasteiger partial charge in [0, 0.05) is 24.3 Å². The summed E-state index contributed by atoms with van der Waals surface area (Å²) in [5, 5.41) is 9.93. The van der Waals surface area contributed by atoms with E-state index in [9.17, 15) is 13.2 Å². The molecule has 0 bridgehead atoms. The Bertz CT molecular complexity index is 865. The quantitative estimate of drug-likeness (QED) is 0.721. The van der Waals surface area contributed by atoms with Crippen LogP contribution >= 0.6 is 0 Å². The molecule has 148 valence electrons. The maximum Gasteiger partial charge on any atom is 0.243 e. The Balaban J connectivity index is 2.07. The lowest BCUT2D eigenvalue weighted by atomic mass is 10.1. The molecule has 27 heavy (non-hydrogen) atoms. The molecule has 0 spiro atoms. The first-order valence-electron chi connectivity index (χ1n) is 9.10. The highest BCUT2D eigenvalue weighted by Gasteiger charge is 2.22. The number of nitrogens with zero attached hydrogens (tertiary/aromatic N) is 2. The maximum atomic E-state index is 12.5. The number of aromatic nitrogens is 2. The average molecular weight is 393 g/mol. The SMILES string of the molecule is CCN(CC)S(=O)(=O)c1ccc(C(C)NC(=O)Cc2c(C)n[nH]c2C)cc1. The Labute approximate surface area is 161 Å². The molecule has 1 heterocycles. The fourth-order valence-electron chi connectivity index (χ4n) is 3.01. The third-order valence-electron chi connectivity index (χ3n) is 4.72. The lowest BCUT2D eigenvalue weighted by Gasteiger charge is -2.19. The van der Waals surface area contributed by atoms with Gasteiger partial charge in [0.2, 0.25) is 15.9 Å². The zero-order valence-corrected chi connectivity index (χ0v) is 17.4. The minimum Gasteiger partial charge on any atom is -0.349 e. The van der Waals surface area contributed by atoms with Gasteiger partial charge in [-0.2, -0.15) is 9.40 Å². The van der Waals surface area contributed by atoms with Crippen LogP contribution in [-0.2, 0) is 21.2 Å². The van der Waals surface area contributed by atoms with E-state index in [4.69, 9.17) is 0 Å². The molecule has 0 saturated carbocycles. The molecule has 0 radical (unpaired) electrons. The molecule has 0 aliphatic carbocycles. The molecule has 0 aliphatic rings. The number of carbonyl (C=O) groups is 1. The summed E-state index contributed by atoms with van der Waals surface area (Å²) in [7, 11) is -3.47. The second kappa shape index (κ2) is 8.67. The number of aryl methyl sites for hydroxylation is 2. The van der Waals surface area contributed by atoms with Gasteiger partial charge >= 0.3 is 0 Å². The van der Waals surface area contributed by atoms with Gasteiger partial charge in [-0.05, 0) is 38.5 Å². The normalized spacial score (nSPS) is 13.0. The third-order valence-corrected chi connectivity index (χ3v) is 6.78. The van der Waals surface area contributed by atoms with Gasteiger partial charge in [-0.25, -0.2) is 8.42 Å². The molecule has 2 aromatic rings. The first-order valence-corrected chi connectivity index (χ1v) is 10.5. The molecule has 1 unspecified atom stereocenters. The van der Waals surface area contributed by atoms with Crippen molar-refractivity contribution in [2.75, 3.05) is 13.1 Å². The van der Waals surface area contributed by atoms with Crippen molar-refractivity contribution in [1.82, 2.24) is 19.8 Å². The maximum absolute atomic E-state index is 12.5. The molecule has 2 N–H and O–H groups in total. The highest BCUT2D eigenvalue weighted by Crippen LogP contribution is 2.20. The van der Waals surface area contributed by atoms with Crippen molar-refractivity contribution in [2.45, 2.75) is 52.0 Å². The Morgan fingerprint density at radius 2 is 1.78 bits per heavy atom. The van der Waals surface area contributed by atoms with E-state index in [-0.39, 0.29) is 23.3 Å². The van der Waals surface area contributed by atoms with Crippen LogP contribution in [0.3, 0.4) is 0 Å². The molecule has 1 atom stereocenters. The summed E-state index contributed by atoms with van der Waals surface area (Å²) in [6, 6.07) is 6.45. The molecule has 0 aliphatic heterocycles. The number of hydrogen-bond acceptors (Lipinski definition) is 4. The van der Waals surface area contributed by atoms with Crippen LogP contribution in [0.25, 0.3) is 0 Å². The molecule has 8 heteroatoms. The van der Waals surface area contributed by atoms with E-state index in [0.717, 1.165) is 22.5 Å². The zero-order chi connectivity index (χ0) is 20.2. The van der Waals surface area contributed by atoms with Crippen molar-refractivity contribution < 1.29 is 13.2 Å². The summed E-state index contributed by atoms with van der Waals surface area (Å²) in [5.74, 6) is -0.102. The molecule has 1 aromatic carbocycles. The van der Waals surface area contributed by atoms with Gasteiger partial charge in [0.05, 0.1) is 23.1 Å². The van der Waals surface area contributed by atoms with E-state index in [1.807, 2.05) is 34.6 Å². The molecular formula is C19H28N4O3S. The minimum absolute atomic E-state index is 0.102. The van der Waals surface area contributed by atoms with Gasteiger partial charge in [-0.3, -0.25) is 9.89 Å². The topological polar surface area (TPSA) is 95.2 Å². The molecule has 7 nitrogen and oxygen atoms in total. The van der Waals surface area contributed by atoms with Gasteiger partial charge in [0.15, 0.2) is 0 Å². The molecule has 2 rings (SSSR count). The van der Waals surface area contributed by atoms with Gasteiger partial charge < -0.3 is 5.32 Å².